The molecule has 0 bridgehead atoms. The molecule has 2 aromatic heterocycles. The van der Waals surface area contributed by atoms with Crippen LogP contribution in [0.25, 0.3) is 10.8 Å². The fraction of sp³-hybridized carbons (Fsp3) is 0.400. The van der Waals surface area contributed by atoms with Crippen molar-refractivity contribution >= 4 is 22.4 Å². The largest absolute Gasteiger partial charge is 0.368 e. The first-order chi connectivity index (χ1) is 16.0. The van der Waals surface area contributed by atoms with E-state index in [0.717, 1.165) is 56.8 Å². The molecular weight excluding hydrogens is 421 g/mol. The van der Waals surface area contributed by atoms with E-state index < -0.39 is 5.82 Å². The fourth-order valence-corrected chi connectivity index (χ4v) is 5.27. The number of benzene rings is 1. The number of carbonyl (C=O) groups excluding carboxylic acids is 1. The van der Waals surface area contributed by atoms with Crippen LogP contribution in [0.4, 0.5) is 10.1 Å². The predicted molar refractivity (Wildman–Crippen MR) is 126 cm³/mol. The number of nitrogens with zero attached hydrogens (tertiary/aromatic N) is 3. The van der Waals surface area contributed by atoms with Gasteiger partial charge in [-0.1, -0.05) is 12.1 Å². The molecule has 2 fully saturated rings. The van der Waals surface area contributed by atoms with Gasteiger partial charge in [0.15, 0.2) is 0 Å². The number of hydrogen-bond donors (Lipinski definition) is 2. The lowest BCUT2D eigenvalue weighted by Crippen LogP contribution is -2.49. The maximum atomic E-state index is 14.0. The van der Waals surface area contributed by atoms with E-state index >= 15 is 0 Å². The molecule has 1 aliphatic carbocycles. The molecule has 0 radical (unpaired) electrons. The van der Waals surface area contributed by atoms with Gasteiger partial charge in [0.2, 0.25) is 0 Å². The maximum Gasteiger partial charge on any atom is 0.269 e. The Balaban J connectivity index is 1.21. The number of halogens is 1. The summed E-state index contributed by atoms with van der Waals surface area (Å²) in [6.07, 6.45) is 4.88. The van der Waals surface area contributed by atoms with Crippen LogP contribution in [0.1, 0.15) is 41.4 Å². The Labute approximate surface area is 191 Å². The van der Waals surface area contributed by atoms with Gasteiger partial charge in [0.05, 0.1) is 17.3 Å². The minimum absolute atomic E-state index is 0.143. The zero-order valence-electron chi connectivity index (χ0n) is 18.7. The van der Waals surface area contributed by atoms with Gasteiger partial charge in [-0.25, -0.2) is 9.37 Å². The third-order valence-electron chi connectivity index (χ3n) is 7.09. The van der Waals surface area contributed by atoms with Crippen molar-refractivity contribution in [2.75, 3.05) is 38.1 Å². The SMILES string of the molecule is CNC(=O)c1ccc(N2CCN([C@H]3CC[C@@H](c4cc5cccc(F)c5c(=O)[nH]4)C3)CC2)cn1. The lowest BCUT2D eigenvalue weighted by atomic mass is 10.00. The van der Waals surface area contributed by atoms with Crippen LogP contribution in [0.3, 0.4) is 0 Å². The summed E-state index contributed by atoms with van der Waals surface area (Å²) in [6, 6.07) is 10.9. The second-order valence-electron chi connectivity index (χ2n) is 8.93. The highest BCUT2D eigenvalue weighted by Crippen LogP contribution is 2.37. The number of anilines is 1. The van der Waals surface area contributed by atoms with Crippen molar-refractivity contribution in [3.8, 4) is 0 Å². The lowest BCUT2D eigenvalue weighted by molar-refractivity contribution is 0.0958. The summed E-state index contributed by atoms with van der Waals surface area (Å²) >= 11 is 0. The molecule has 3 aromatic rings. The Morgan fingerprint density at radius 2 is 1.97 bits per heavy atom. The fourth-order valence-electron chi connectivity index (χ4n) is 5.27. The predicted octanol–water partition coefficient (Wildman–Crippen LogP) is 2.88. The van der Waals surface area contributed by atoms with Gasteiger partial charge in [-0.15, -0.1) is 0 Å². The van der Waals surface area contributed by atoms with Gasteiger partial charge in [0.25, 0.3) is 11.5 Å². The number of aromatic amines is 1. The maximum absolute atomic E-state index is 14.0. The summed E-state index contributed by atoms with van der Waals surface area (Å²) < 4.78 is 14.0. The van der Waals surface area contributed by atoms with Crippen molar-refractivity contribution < 1.29 is 9.18 Å². The number of carbonyl (C=O) groups is 1. The average Bonchev–Trinajstić information content (AvgIpc) is 3.34. The van der Waals surface area contributed by atoms with E-state index in [-0.39, 0.29) is 22.8 Å². The number of piperazine rings is 1. The molecular formula is C25H28FN5O2. The summed E-state index contributed by atoms with van der Waals surface area (Å²) in [7, 11) is 1.60. The van der Waals surface area contributed by atoms with Gasteiger partial charge in [-0.2, -0.15) is 0 Å². The van der Waals surface area contributed by atoms with E-state index in [0.29, 0.717) is 17.1 Å². The molecule has 1 saturated carbocycles. The third-order valence-corrected chi connectivity index (χ3v) is 7.09. The first-order valence-corrected chi connectivity index (χ1v) is 11.5. The molecule has 7 nitrogen and oxygen atoms in total. The van der Waals surface area contributed by atoms with Crippen LogP contribution in [0.2, 0.25) is 0 Å². The van der Waals surface area contributed by atoms with Gasteiger partial charge in [0.1, 0.15) is 11.5 Å². The van der Waals surface area contributed by atoms with Crippen molar-refractivity contribution in [1.29, 1.82) is 0 Å². The smallest absolute Gasteiger partial charge is 0.269 e. The molecule has 5 rings (SSSR count). The molecule has 1 aromatic carbocycles. The van der Waals surface area contributed by atoms with E-state index in [2.05, 4.69) is 25.1 Å². The van der Waals surface area contributed by atoms with E-state index in [1.54, 1.807) is 31.4 Å². The van der Waals surface area contributed by atoms with E-state index in [1.165, 1.54) is 6.07 Å². The van der Waals surface area contributed by atoms with Crippen LogP contribution in [0.5, 0.6) is 0 Å². The van der Waals surface area contributed by atoms with Crippen LogP contribution in [-0.2, 0) is 0 Å². The van der Waals surface area contributed by atoms with Crippen LogP contribution < -0.4 is 15.8 Å². The third kappa shape index (κ3) is 4.23. The van der Waals surface area contributed by atoms with Crippen LogP contribution in [-0.4, -0.2) is 60.0 Å². The van der Waals surface area contributed by atoms with Crippen LogP contribution >= 0.6 is 0 Å². The molecule has 0 spiro atoms. The van der Waals surface area contributed by atoms with Crippen molar-refractivity contribution in [3.63, 3.8) is 0 Å². The number of rotatable bonds is 4. The van der Waals surface area contributed by atoms with Crippen molar-refractivity contribution in [3.05, 3.63) is 70.2 Å². The Bertz CT molecular complexity index is 1220. The highest BCUT2D eigenvalue weighted by atomic mass is 19.1. The second kappa shape index (κ2) is 8.94. The van der Waals surface area contributed by atoms with Gasteiger partial charge < -0.3 is 15.2 Å². The van der Waals surface area contributed by atoms with Crippen molar-refractivity contribution in [1.82, 2.24) is 20.2 Å². The zero-order valence-corrected chi connectivity index (χ0v) is 18.7. The molecule has 2 atom stereocenters. The van der Waals surface area contributed by atoms with E-state index in [4.69, 9.17) is 0 Å². The zero-order chi connectivity index (χ0) is 22.9. The summed E-state index contributed by atoms with van der Waals surface area (Å²) in [5, 5.41) is 3.40. The molecule has 2 N–H and O–H groups in total. The van der Waals surface area contributed by atoms with Crippen molar-refractivity contribution in [2.45, 2.75) is 31.2 Å². The second-order valence-corrected chi connectivity index (χ2v) is 8.93. The molecule has 1 saturated heterocycles. The van der Waals surface area contributed by atoms with Gasteiger partial charge in [-0.05, 0) is 48.9 Å². The summed E-state index contributed by atoms with van der Waals surface area (Å²) in [5.41, 5.74) is 2.04. The Hall–Kier alpha value is -3.26. The first kappa shape index (κ1) is 21.6. The Morgan fingerprint density at radius 3 is 2.70 bits per heavy atom. The molecule has 1 aliphatic heterocycles. The average molecular weight is 450 g/mol. The summed E-state index contributed by atoms with van der Waals surface area (Å²) in [5.74, 6) is -0.365. The number of nitrogens with one attached hydrogen (secondary N) is 2. The van der Waals surface area contributed by atoms with Gasteiger partial charge >= 0.3 is 0 Å². The minimum atomic E-state index is -0.471. The molecule has 1 amide bonds. The molecule has 8 heteroatoms. The molecule has 0 unspecified atom stereocenters. The number of hydrogen-bond acceptors (Lipinski definition) is 5. The summed E-state index contributed by atoms with van der Waals surface area (Å²) in [4.78, 5) is 36.2. The lowest BCUT2D eigenvalue weighted by Gasteiger charge is -2.39. The van der Waals surface area contributed by atoms with Crippen LogP contribution in [0.15, 0.2) is 47.4 Å². The number of pyridine rings is 2. The normalized spacial score (nSPS) is 21.5. The number of fused-ring (bicyclic) bond motifs is 1. The minimum Gasteiger partial charge on any atom is -0.368 e. The quantitative estimate of drug-likeness (QED) is 0.640. The number of aromatic nitrogens is 2. The van der Waals surface area contributed by atoms with Crippen molar-refractivity contribution in [2.24, 2.45) is 0 Å². The van der Waals surface area contributed by atoms with E-state index in [9.17, 15) is 14.0 Å². The summed E-state index contributed by atoms with van der Waals surface area (Å²) in [6.45, 7) is 3.75. The molecule has 172 valence electrons. The highest BCUT2D eigenvalue weighted by molar-refractivity contribution is 5.92. The standard InChI is InChI=1S/C25H28FN5O2/c1-27-24(32)21-8-7-19(15-28-21)31-11-9-30(10-12-31)18-6-5-16(13-18)22-14-17-3-2-4-20(26)23(17)25(33)29-22/h2-4,7-8,14-16,18H,5-6,9-13H2,1H3,(H,27,32)(H,29,33)/t16-,18+/m1/s1. The van der Waals surface area contributed by atoms with Crippen LogP contribution in [0, 0.1) is 5.82 Å². The highest BCUT2D eigenvalue weighted by Gasteiger charge is 2.32. The van der Waals surface area contributed by atoms with Gasteiger partial charge in [0, 0.05) is 50.9 Å². The van der Waals surface area contributed by atoms with Gasteiger partial charge in [-0.3, -0.25) is 14.5 Å². The number of amides is 1. The Morgan fingerprint density at radius 1 is 1.15 bits per heavy atom. The number of H-pyrrole nitrogens is 1. The molecule has 33 heavy (non-hydrogen) atoms. The first-order valence-electron chi connectivity index (χ1n) is 11.5. The monoisotopic (exact) mass is 449 g/mol. The molecule has 3 heterocycles. The topological polar surface area (TPSA) is 81.3 Å². The molecule has 2 aliphatic rings. The Kier molecular flexibility index (Phi) is 5.85. The van der Waals surface area contributed by atoms with E-state index in [1.807, 2.05) is 12.1 Å².